The van der Waals surface area contributed by atoms with E-state index in [0.717, 1.165) is 12.5 Å². The molecule has 1 aromatic rings. The average molecular weight is 369 g/mol. The maximum Gasteiger partial charge on any atom is 0.270 e. The second-order valence-electron chi connectivity index (χ2n) is 6.25. The monoisotopic (exact) mass is 369 g/mol. The van der Waals surface area contributed by atoms with E-state index in [2.05, 4.69) is 0 Å². The molecule has 0 spiro atoms. The Morgan fingerprint density at radius 3 is 2.40 bits per heavy atom. The predicted molar refractivity (Wildman–Crippen MR) is 92.6 cm³/mol. The number of aryl methyl sites for hydroxylation is 1. The van der Waals surface area contributed by atoms with Crippen LogP contribution in [0.3, 0.4) is 0 Å². The summed E-state index contributed by atoms with van der Waals surface area (Å²) in [5, 5.41) is 10.9. The highest BCUT2D eigenvalue weighted by atomic mass is 32.2. The Morgan fingerprint density at radius 1 is 1.28 bits per heavy atom. The van der Waals surface area contributed by atoms with Gasteiger partial charge in [0.25, 0.3) is 5.69 Å². The number of carbonyl (C=O) groups excluding carboxylic acids is 1. The molecule has 2 rings (SSSR count). The summed E-state index contributed by atoms with van der Waals surface area (Å²) in [4.78, 5) is 24.2. The van der Waals surface area contributed by atoms with Crippen LogP contribution in [0.4, 0.5) is 5.69 Å². The van der Waals surface area contributed by atoms with Gasteiger partial charge in [0.1, 0.15) is 0 Å². The Morgan fingerprint density at radius 2 is 1.88 bits per heavy atom. The Bertz CT molecular complexity index is 770. The summed E-state index contributed by atoms with van der Waals surface area (Å²) in [6, 6.07) is 3.83. The molecular formula is C16H23N3O5S. The van der Waals surface area contributed by atoms with Gasteiger partial charge in [-0.1, -0.05) is 19.9 Å². The highest BCUT2D eigenvalue weighted by molar-refractivity contribution is 7.89. The number of nitrogens with zero attached hydrogens (tertiary/aromatic N) is 3. The first-order valence-electron chi connectivity index (χ1n) is 8.22. The molecule has 1 aliphatic rings. The number of hydrogen-bond acceptors (Lipinski definition) is 5. The van der Waals surface area contributed by atoms with Crippen molar-refractivity contribution in [3.8, 4) is 0 Å². The molecule has 0 radical (unpaired) electrons. The SMILES string of the molecule is CCC(C)C(=O)N1CCN(S(=O)(=O)c2cc([N+](=O)[O-])ccc2C)CC1. The molecule has 0 saturated carbocycles. The highest BCUT2D eigenvalue weighted by Crippen LogP contribution is 2.25. The van der Waals surface area contributed by atoms with E-state index in [1.54, 1.807) is 11.8 Å². The van der Waals surface area contributed by atoms with Crippen molar-refractivity contribution in [1.82, 2.24) is 9.21 Å². The lowest BCUT2D eigenvalue weighted by Crippen LogP contribution is -2.51. The van der Waals surface area contributed by atoms with Crippen molar-refractivity contribution in [2.45, 2.75) is 32.1 Å². The van der Waals surface area contributed by atoms with E-state index < -0.39 is 14.9 Å². The summed E-state index contributed by atoms with van der Waals surface area (Å²) in [5.41, 5.74) is 0.207. The average Bonchev–Trinajstić information content (AvgIpc) is 2.60. The first-order valence-corrected chi connectivity index (χ1v) is 9.66. The highest BCUT2D eigenvalue weighted by Gasteiger charge is 2.32. The second kappa shape index (κ2) is 7.49. The maximum atomic E-state index is 12.8. The number of non-ortho nitro benzene ring substituents is 1. The van der Waals surface area contributed by atoms with Gasteiger partial charge in [-0.3, -0.25) is 14.9 Å². The van der Waals surface area contributed by atoms with Gasteiger partial charge in [0.15, 0.2) is 0 Å². The topological polar surface area (TPSA) is 101 Å². The molecule has 1 saturated heterocycles. The fourth-order valence-electron chi connectivity index (χ4n) is 2.75. The fourth-order valence-corrected chi connectivity index (χ4v) is 4.42. The Labute approximate surface area is 147 Å². The van der Waals surface area contributed by atoms with Crippen molar-refractivity contribution in [1.29, 1.82) is 0 Å². The molecule has 1 fully saturated rings. The minimum Gasteiger partial charge on any atom is -0.340 e. The van der Waals surface area contributed by atoms with E-state index in [-0.39, 0.29) is 35.5 Å². The van der Waals surface area contributed by atoms with Gasteiger partial charge in [0, 0.05) is 44.2 Å². The van der Waals surface area contributed by atoms with E-state index in [0.29, 0.717) is 18.7 Å². The van der Waals surface area contributed by atoms with Gasteiger partial charge in [-0.25, -0.2) is 8.42 Å². The number of nitro benzene ring substituents is 1. The lowest BCUT2D eigenvalue weighted by atomic mass is 10.1. The molecule has 8 nitrogen and oxygen atoms in total. The molecule has 25 heavy (non-hydrogen) atoms. The number of amides is 1. The van der Waals surface area contributed by atoms with Crippen molar-refractivity contribution in [3.05, 3.63) is 33.9 Å². The van der Waals surface area contributed by atoms with Crippen molar-refractivity contribution in [2.24, 2.45) is 5.92 Å². The van der Waals surface area contributed by atoms with Crippen LogP contribution in [-0.2, 0) is 14.8 Å². The number of benzene rings is 1. The number of carbonyl (C=O) groups is 1. The smallest absolute Gasteiger partial charge is 0.270 e. The molecule has 0 bridgehead atoms. The molecule has 1 aliphatic heterocycles. The molecule has 1 amide bonds. The predicted octanol–water partition coefficient (Wildman–Crippen LogP) is 1.78. The first-order chi connectivity index (χ1) is 11.7. The van der Waals surface area contributed by atoms with Crippen molar-refractivity contribution >= 4 is 21.6 Å². The van der Waals surface area contributed by atoms with Gasteiger partial charge in [-0.2, -0.15) is 4.31 Å². The third kappa shape index (κ3) is 3.98. The number of hydrogen-bond donors (Lipinski definition) is 0. The van der Waals surface area contributed by atoms with Crippen molar-refractivity contribution in [3.63, 3.8) is 0 Å². The fraction of sp³-hybridized carbons (Fsp3) is 0.562. The van der Waals surface area contributed by atoms with E-state index in [1.165, 1.54) is 16.4 Å². The van der Waals surface area contributed by atoms with Gasteiger partial charge in [0.05, 0.1) is 9.82 Å². The minimum absolute atomic E-state index is 0.0334. The summed E-state index contributed by atoms with van der Waals surface area (Å²) >= 11 is 0. The Kier molecular flexibility index (Phi) is 5.79. The zero-order valence-electron chi connectivity index (χ0n) is 14.6. The van der Waals surface area contributed by atoms with Crippen LogP contribution in [0, 0.1) is 23.0 Å². The van der Waals surface area contributed by atoms with Crippen LogP contribution in [0.25, 0.3) is 0 Å². The maximum absolute atomic E-state index is 12.8. The largest absolute Gasteiger partial charge is 0.340 e. The van der Waals surface area contributed by atoms with Crippen LogP contribution in [0.2, 0.25) is 0 Å². The molecule has 1 unspecified atom stereocenters. The zero-order valence-corrected chi connectivity index (χ0v) is 15.5. The molecule has 0 N–H and O–H groups in total. The summed E-state index contributed by atoms with van der Waals surface area (Å²) in [7, 11) is -3.83. The summed E-state index contributed by atoms with van der Waals surface area (Å²) in [6.07, 6.45) is 0.740. The van der Waals surface area contributed by atoms with Gasteiger partial charge in [-0.15, -0.1) is 0 Å². The lowest BCUT2D eigenvalue weighted by molar-refractivity contribution is -0.385. The van der Waals surface area contributed by atoms with Crippen molar-refractivity contribution < 1.29 is 18.1 Å². The lowest BCUT2D eigenvalue weighted by Gasteiger charge is -2.35. The standard InChI is InChI=1S/C16H23N3O5S/c1-4-12(2)16(20)17-7-9-18(10-8-17)25(23,24)15-11-14(19(21)22)6-5-13(15)3/h5-6,11-12H,4,7-10H2,1-3H3. The molecule has 1 atom stereocenters. The molecule has 1 heterocycles. The van der Waals surface area contributed by atoms with E-state index in [4.69, 9.17) is 0 Å². The molecular weight excluding hydrogens is 346 g/mol. The molecule has 0 aliphatic carbocycles. The second-order valence-corrected chi connectivity index (χ2v) is 8.15. The van der Waals surface area contributed by atoms with Gasteiger partial charge < -0.3 is 4.90 Å². The Balaban J connectivity index is 2.19. The minimum atomic E-state index is -3.83. The van der Waals surface area contributed by atoms with Crippen LogP contribution >= 0.6 is 0 Å². The number of sulfonamides is 1. The van der Waals surface area contributed by atoms with Crippen LogP contribution < -0.4 is 0 Å². The third-order valence-electron chi connectivity index (χ3n) is 4.58. The molecule has 1 aromatic carbocycles. The van der Waals surface area contributed by atoms with Crippen LogP contribution in [0.5, 0.6) is 0 Å². The number of piperazine rings is 1. The summed E-state index contributed by atoms with van der Waals surface area (Å²) in [6.45, 7) is 6.44. The number of rotatable bonds is 5. The van der Waals surface area contributed by atoms with Crippen molar-refractivity contribution in [2.75, 3.05) is 26.2 Å². The van der Waals surface area contributed by atoms with Gasteiger partial charge in [-0.05, 0) is 18.9 Å². The van der Waals surface area contributed by atoms with E-state index in [1.807, 2.05) is 13.8 Å². The zero-order chi connectivity index (χ0) is 18.8. The van der Waals surface area contributed by atoms with E-state index in [9.17, 15) is 23.3 Å². The first kappa shape index (κ1) is 19.3. The van der Waals surface area contributed by atoms with Crippen LogP contribution in [0.1, 0.15) is 25.8 Å². The number of nitro groups is 1. The Hall–Kier alpha value is -2.00. The third-order valence-corrected chi connectivity index (χ3v) is 6.63. The van der Waals surface area contributed by atoms with Gasteiger partial charge in [0.2, 0.25) is 15.9 Å². The van der Waals surface area contributed by atoms with Crippen LogP contribution in [-0.4, -0.2) is 54.6 Å². The van der Waals surface area contributed by atoms with Gasteiger partial charge >= 0.3 is 0 Å². The van der Waals surface area contributed by atoms with E-state index >= 15 is 0 Å². The molecule has 9 heteroatoms. The summed E-state index contributed by atoms with van der Waals surface area (Å²) < 4.78 is 27.0. The van der Waals surface area contributed by atoms with Crippen LogP contribution in [0.15, 0.2) is 23.1 Å². The quantitative estimate of drug-likeness (QED) is 0.582. The summed E-state index contributed by atoms with van der Waals surface area (Å²) in [5.74, 6) is -0.0479. The normalized spacial score (nSPS) is 17.3. The molecule has 0 aromatic heterocycles. The molecule has 138 valence electrons.